The number of pyridine rings is 1. The number of fused-ring (bicyclic) bond motifs is 1. The number of ether oxygens (including phenoxy) is 1. The lowest BCUT2D eigenvalue weighted by Crippen LogP contribution is -1.96. The molecule has 4 rings (SSSR count). The molecule has 0 aliphatic rings. The van der Waals surface area contributed by atoms with Gasteiger partial charge in [0.15, 0.2) is 0 Å². The molecule has 0 saturated heterocycles. The van der Waals surface area contributed by atoms with Crippen molar-refractivity contribution in [3.8, 4) is 5.75 Å². The normalized spacial score (nSPS) is 10.7. The van der Waals surface area contributed by atoms with Crippen molar-refractivity contribution in [3.05, 3.63) is 108 Å². The Morgan fingerprint density at radius 3 is 2.28 bits per heavy atom. The Kier molecular flexibility index (Phi) is 4.42. The first kappa shape index (κ1) is 15.4. The molecule has 0 spiro atoms. The van der Waals surface area contributed by atoms with Crippen LogP contribution < -0.4 is 4.74 Å². The van der Waals surface area contributed by atoms with Crippen LogP contribution in [0.5, 0.6) is 5.75 Å². The third-order valence-electron chi connectivity index (χ3n) is 4.30. The van der Waals surface area contributed by atoms with Crippen LogP contribution >= 0.6 is 0 Å². The van der Waals surface area contributed by atoms with Crippen LogP contribution in [0, 0.1) is 0 Å². The van der Waals surface area contributed by atoms with E-state index in [0.29, 0.717) is 6.61 Å². The molecule has 4 aromatic rings. The molecular formula is C23H19NO. The Morgan fingerprint density at radius 1 is 0.680 bits per heavy atom. The second-order valence-electron chi connectivity index (χ2n) is 6.07. The van der Waals surface area contributed by atoms with Gasteiger partial charge < -0.3 is 4.74 Å². The van der Waals surface area contributed by atoms with Gasteiger partial charge in [-0.15, -0.1) is 0 Å². The second-order valence-corrected chi connectivity index (χ2v) is 6.07. The van der Waals surface area contributed by atoms with Crippen LogP contribution in [-0.4, -0.2) is 4.98 Å². The average molecular weight is 325 g/mol. The summed E-state index contributed by atoms with van der Waals surface area (Å²) in [7, 11) is 0. The molecule has 0 saturated carbocycles. The van der Waals surface area contributed by atoms with Gasteiger partial charge >= 0.3 is 0 Å². The SMILES string of the molecule is c1ccc(COc2ccc(Cc3nccc4ccccc34)cc2)cc1. The van der Waals surface area contributed by atoms with Gasteiger partial charge in [0.1, 0.15) is 12.4 Å². The zero-order chi connectivity index (χ0) is 16.9. The van der Waals surface area contributed by atoms with Crippen LogP contribution in [0.4, 0.5) is 0 Å². The number of hydrogen-bond acceptors (Lipinski definition) is 2. The van der Waals surface area contributed by atoms with E-state index < -0.39 is 0 Å². The van der Waals surface area contributed by atoms with Gasteiger partial charge in [-0.2, -0.15) is 0 Å². The van der Waals surface area contributed by atoms with Crippen LogP contribution in [0.3, 0.4) is 0 Å². The van der Waals surface area contributed by atoms with Crippen molar-refractivity contribution in [2.24, 2.45) is 0 Å². The Balaban J connectivity index is 1.47. The summed E-state index contributed by atoms with van der Waals surface area (Å²) in [5.41, 5.74) is 3.51. The molecule has 0 N–H and O–H groups in total. The van der Waals surface area contributed by atoms with Gasteiger partial charge in [0.2, 0.25) is 0 Å². The first-order chi connectivity index (χ1) is 12.4. The van der Waals surface area contributed by atoms with Crippen molar-refractivity contribution < 1.29 is 4.74 Å². The van der Waals surface area contributed by atoms with Crippen LogP contribution in [0.25, 0.3) is 10.8 Å². The van der Waals surface area contributed by atoms with Crippen molar-refractivity contribution in [1.82, 2.24) is 4.98 Å². The summed E-state index contributed by atoms with van der Waals surface area (Å²) in [6.07, 6.45) is 2.70. The molecule has 0 fully saturated rings. The molecule has 2 nitrogen and oxygen atoms in total. The maximum absolute atomic E-state index is 5.85. The average Bonchev–Trinajstić information content (AvgIpc) is 2.69. The first-order valence-electron chi connectivity index (χ1n) is 8.47. The van der Waals surface area contributed by atoms with Gasteiger partial charge in [-0.25, -0.2) is 0 Å². The summed E-state index contributed by atoms with van der Waals surface area (Å²) in [6, 6.07) is 28.9. The molecule has 0 atom stereocenters. The van der Waals surface area contributed by atoms with Crippen LogP contribution in [0.2, 0.25) is 0 Å². The number of rotatable bonds is 5. The third-order valence-corrected chi connectivity index (χ3v) is 4.30. The van der Waals surface area contributed by atoms with E-state index in [1.807, 2.05) is 36.5 Å². The number of benzene rings is 3. The Labute approximate surface area is 147 Å². The predicted molar refractivity (Wildman–Crippen MR) is 102 cm³/mol. The molecule has 0 radical (unpaired) electrons. The van der Waals surface area contributed by atoms with E-state index in [4.69, 9.17) is 4.74 Å². The minimum atomic E-state index is 0.588. The van der Waals surface area contributed by atoms with Gasteiger partial charge in [0, 0.05) is 18.0 Å². The lowest BCUT2D eigenvalue weighted by Gasteiger charge is -2.08. The lowest BCUT2D eigenvalue weighted by atomic mass is 10.0. The number of aromatic nitrogens is 1. The number of hydrogen-bond donors (Lipinski definition) is 0. The van der Waals surface area contributed by atoms with Crippen molar-refractivity contribution in [3.63, 3.8) is 0 Å². The zero-order valence-corrected chi connectivity index (χ0v) is 13.9. The van der Waals surface area contributed by atoms with E-state index in [1.54, 1.807) is 0 Å². The lowest BCUT2D eigenvalue weighted by molar-refractivity contribution is 0.306. The Bertz CT molecular complexity index is 957. The van der Waals surface area contributed by atoms with Gasteiger partial charge in [-0.05, 0) is 34.7 Å². The summed E-state index contributed by atoms with van der Waals surface area (Å²) in [5, 5.41) is 2.45. The fourth-order valence-corrected chi connectivity index (χ4v) is 2.96. The first-order valence-corrected chi connectivity index (χ1v) is 8.47. The highest BCUT2D eigenvalue weighted by Crippen LogP contribution is 2.21. The minimum Gasteiger partial charge on any atom is -0.489 e. The minimum absolute atomic E-state index is 0.588. The summed E-state index contributed by atoms with van der Waals surface area (Å²) < 4.78 is 5.85. The van der Waals surface area contributed by atoms with E-state index in [9.17, 15) is 0 Å². The van der Waals surface area contributed by atoms with Crippen molar-refractivity contribution in [1.29, 1.82) is 0 Å². The Morgan fingerprint density at radius 2 is 1.44 bits per heavy atom. The second kappa shape index (κ2) is 7.18. The smallest absolute Gasteiger partial charge is 0.119 e. The van der Waals surface area contributed by atoms with E-state index in [0.717, 1.165) is 17.9 Å². The van der Waals surface area contributed by atoms with Gasteiger partial charge in [0.25, 0.3) is 0 Å². The van der Waals surface area contributed by atoms with Crippen molar-refractivity contribution in [2.75, 3.05) is 0 Å². The van der Waals surface area contributed by atoms with Gasteiger partial charge in [-0.3, -0.25) is 4.98 Å². The van der Waals surface area contributed by atoms with Crippen LogP contribution in [0.1, 0.15) is 16.8 Å². The van der Waals surface area contributed by atoms with Gasteiger partial charge in [-0.1, -0.05) is 66.7 Å². The molecule has 0 unspecified atom stereocenters. The van der Waals surface area contributed by atoms with E-state index in [2.05, 4.69) is 59.6 Å². The van der Waals surface area contributed by atoms with E-state index >= 15 is 0 Å². The largest absolute Gasteiger partial charge is 0.489 e. The molecule has 122 valence electrons. The van der Waals surface area contributed by atoms with E-state index in [1.165, 1.54) is 21.9 Å². The molecule has 0 bridgehead atoms. The molecule has 1 aromatic heterocycles. The van der Waals surface area contributed by atoms with Crippen molar-refractivity contribution >= 4 is 10.8 Å². The zero-order valence-electron chi connectivity index (χ0n) is 13.9. The fourth-order valence-electron chi connectivity index (χ4n) is 2.96. The van der Waals surface area contributed by atoms with Crippen LogP contribution in [-0.2, 0) is 13.0 Å². The molecule has 25 heavy (non-hydrogen) atoms. The fraction of sp³-hybridized carbons (Fsp3) is 0.0870. The maximum atomic E-state index is 5.85. The highest BCUT2D eigenvalue weighted by atomic mass is 16.5. The monoisotopic (exact) mass is 325 g/mol. The summed E-state index contributed by atoms with van der Waals surface area (Å²) in [5.74, 6) is 0.887. The van der Waals surface area contributed by atoms with Crippen LogP contribution in [0.15, 0.2) is 91.1 Å². The highest BCUT2D eigenvalue weighted by molar-refractivity contribution is 5.84. The standard InChI is InChI=1S/C23H19NO/c1-2-6-19(7-3-1)17-25-21-12-10-18(11-13-21)16-23-22-9-5-4-8-20(22)14-15-24-23/h1-15H,16-17H2. The van der Waals surface area contributed by atoms with Gasteiger partial charge in [0.05, 0.1) is 5.69 Å². The molecule has 1 heterocycles. The maximum Gasteiger partial charge on any atom is 0.119 e. The summed E-state index contributed by atoms with van der Waals surface area (Å²) in [4.78, 5) is 4.57. The summed E-state index contributed by atoms with van der Waals surface area (Å²) in [6.45, 7) is 0.588. The molecule has 0 aliphatic heterocycles. The highest BCUT2D eigenvalue weighted by Gasteiger charge is 2.04. The molecule has 2 heteroatoms. The molecule has 3 aromatic carbocycles. The predicted octanol–water partition coefficient (Wildman–Crippen LogP) is 5.40. The Hall–Kier alpha value is -3.13. The summed E-state index contributed by atoms with van der Waals surface area (Å²) >= 11 is 0. The molecule has 0 amide bonds. The molecule has 0 aliphatic carbocycles. The molecular weight excluding hydrogens is 306 g/mol. The topological polar surface area (TPSA) is 22.1 Å². The van der Waals surface area contributed by atoms with E-state index in [-0.39, 0.29) is 0 Å². The third kappa shape index (κ3) is 3.69. The quantitative estimate of drug-likeness (QED) is 0.490. The van der Waals surface area contributed by atoms with Crippen molar-refractivity contribution in [2.45, 2.75) is 13.0 Å². The number of nitrogens with zero attached hydrogens (tertiary/aromatic N) is 1.